The lowest BCUT2D eigenvalue weighted by Gasteiger charge is -2.23. The predicted molar refractivity (Wildman–Crippen MR) is 143 cm³/mol. The average molecular weight is 532 g/mol. The number of benzene rings is 2. The van der Waals surface area contributed by atoms with E-state index < -0.39 is 0 Å². The summed E-state index contributed by atoms with van der Waals surface area (Å²) in [5.41, 5.74) is 3.83. The molecule has 1 aliphatic rings. The highest BCUT2D eigenvalue weighted by atomic mass is 35.5. The SMILES string of the molecule is CCN(CC)c1ccc(NC(=O)c2c(-c3c(Cl)cccc3Cl)noc2CCC2OCCCO2)c(C)c1. The standard InChI is InChI=1S/C27H31Cl2N3O4/c1-4-32(5-2)18-10-11-21(17(3)16-18)30-27(33)25-22(12-13-23-34-14-7-15-35-23)36-31-26(25)24-19(28)8-6-9-20(24)29/h6,8-11,16,23H,4-5,7,12-15H2,1-3H3,(H,30,33). The second-order valence-electron chi connectivity index (χ2n) is 8.62. The van der Waals surface area contributed by atoms with Gasteiger partial charge in [-0.1, -0.05) is 34.4 Å². The molecule has 1 aromatic heterocycles. The maximum Gasteiger partial charge on any atom is 0.261 e. The summed E-state index contributed by atoms with van der Waals surface area (Å²) in [6.07, 6.45) is 1.46. The van der Waals surface area contributed by atoms with Crippen LogP contribution in [0.5, 0.6) is 0 Å². The largest absolute Gasteiger partial charge is 0.372 e. The van der Waals surface area contributed by atoms with Crippen molar-refractivity contribution in [1.82, 2.24) is 5.16 Å². The molecule has 0 bridgehead atoms. The van der Waals surface area contributed by atoms with E-state index in [4.69, 9.17) is 37.2 Å². The Morgan fingerprint density at radius 3 is 2.44 bits per heavy atom. The van der Waals surface area contributed by atoms with E-state index in [1.54, 1.807) is 18.2 Å². The van der Waals surface area contributed by atoms with Gasteiger partial charge in [0.05, 0.1) is 23.3 Å². The van der Waals surface area contributed by atoms with Gasteiger partial charge in [0.25, 0.3) is 5.91 Å². The van der Waals surface area contributed by atoms with Gasteiger partial charge < -0.3 is 24.2 Å². The number of ether oxygens (including phenoxy) is 2. The van der Waals surface area contributed by atoms with Crippen LogP contribution < -0.4 is 10.2 Å². The Bertz CT molecular complexity index is 1180. The number of rotatable bonds is 9. The fourth-order valence-electron chi connectivity index (χ4n) is 4.33. The van der Waals surface area contributed by atoms with E-state index in [0.29, 0.717) is 64.4 Å². The lowest BCUT2D eigenvalue weighted by molar-refractivity contribution is -0.181. The van der Waals surface area contributed by atoms with E-state index in [0.717, 1.165) is 30.8 Å². The van der Waals surface area contributed by atoms with Gasteiger partial charge in [0.2, 0.25) is 0 Å². The zero-order valence-electron chi connectivity index (χ0n) is 20.8. The quantitative estimate of drug-likeness (QED) is 0.329. The molecule has 0 radical (unpaired) electrons. The van der Waals surface area contributed by atoms with Gasteiger partial charge in [0.15, 0.2) is 6.29 Å². The molecule has 0 atom stereocenters. The number of carbonyl (C=O) groups excluding carboxylic acids is 1. The van der Waals surface area contributed by atoms with Crippen molar-refractivity contribution in [2.75, 3.05) is 36.5 Å². The van der Waals surface area contributed by atoms with Crippen LogP contribution in [0.15, 0.2) is 40.9 Å². The summed E-state index contributed by atoms with van der Waals surface area (Å²) in [4.78, 5) is 15.9. The Kier molecular flexibility index (Phi) is 8.90. The Labute approximate surface area is 221 Å². The fraction of sp³-hybridized carbons (Fsp3) is 0.407. The van der Waals surface area contributed by atoms with Crippen molar-refractivity contribution in [3.8, 4) is 11.3 Å². The smallest absolute Gasteiger partial charge is 0.261 e. The van der Waals surface area contributed by atoms with Gasteiger partial charge in [-0.2, -0.15) is 0 Å². The summed E-state index contributed by atoms with van der Waals surface area (Å²) in [6, 6.07) is 11.2. The van der Waals surface area contributed by atoms with Crippen LogP contribution in [0.25, 0.3) is 11.3 Å². The summed E-state index contributed by atoms with van der Waals surface area (Å²) in [5.74, 6) is 0.0788. The summed E-state index contributed by atoms with van der Waals surface area (Å²) >= 11 is 12.9. The second kappa shape index (κ2) is 12.1. The topological polar surface area (TPSA) is 76.8 Å². The minimum absolute atomic E-state index is 0.299. The van der Waals surface area contributed by atoms with Crippen molar-refractivity contribution in [2.24, 2.45) is 0 Å². The first kappa shape index (κ1) is 26.5. The van der Waals surface area contributed by atoms with Crippen molar-refractivity contribution < 1.29 is 18.8 Å². The number of aromatic nitrogens is 1. The molecule has 4 rings (SSSR count). The third-order valence-corrected chi connectivity index (χ3v) is 6.91. The van der Waals surface area contributed by atoms with E-state index in [2.05, 4.69) is 35.3 Å². The molecule has 2 heterocycles. The molecule has 36 heavy (non-hydrogen) atoms. The number of aryl methyl sites for hydroxylation is 2. The number of amides is 1. The van der Waals surface area contributed by atoms with Crippen LogP contribution in [0.1, 0.15) is 48.4 Å². The van der Waals surface area contributed by atoms with Gasteiger partial charge in [-0.05, 0) is 63.1 Å². The second-order valence-corrected chi connectivity index (χ2v) is 9.43. The Hall–Kier alpha value is -2.58. The van der Waals surface area contributed by atoms with E-state index >= 15 is 0 Å². The number of anilines is 2. The van der Waals surface area contributed by atoms with Gasteiger partial charge in [0, 0.05) is 42.9 Å². The van der Waals surface area contributed by atoms with Crippen LogP contribution in [0, 0.1) is 6.92 Å². The van der Waals surface area contributed by atoms with Gasteiger partial charge in [-0.3, -0.25) is 4.79 Å². The normalized spacial score (nSPS) is 14.1. The third-order valence-electron chi connectivity index (χ3n) is 6.28. The van der Waals surface area contributed by atoms with Crippen LogP contribution >= 0.6 is 23.2 Å². The first-order chi connectivity index (χ1) is 17.4. The van der Waals surface area contributed by atoms with Crippen molar-refractivity contribution in [3.05, 3.63) is 63.3 Å². The predicted octanol–water partition coefficient (Wildman–Crippen LogP) is 6.75. The Morgan fingerprint density at radius 1 is 1.11 bits per heavy atom. The highest BCUT2D eigenvalue weighted by Gasteiger charge is 2.28. The average Bonchev–Trinajstić information content (AvgIpc) is 3.29. The number of hydrogen-bond donors (Lipinski definition) is 1. The molecule has 1 N–H and O–H groups in total. The summed E-state index contributed by atoms with van der Waals surface area (Å²) in [5, 5.41) is 8.03. The zero-order valence-corrected chi connectivity index (χ0v) is 22.3. The van der Waals surface area contributed by atoms with Crippen molar-refractivity contribution in [2.45, 2.75) is 46.3 Å². The van der Waals surface area contributed by atoms with Gasteiger partial charge in [-0.25, -0.2) is 0 Å². The van der Waals surface area contributed by atoms with Crippen LogP contribution in [0.4, 0.5) is 11.4 Å². The number of nitrogens with one attached hydrogen (secondary N) is 1. The molecular weight excluding hydrogens is 501 g/mol. The van der Waals surface area contributed by atoms with Gasteiger partial charge >= 0.3 is 0 Å². The van der Waals surface area contributed by atoms with Gasteiger partial charge in [0.1, 0.15) is 17.0 Å². The van der Waals surface area contributed by atoms with E-state index in [1.807, 2.05) is 19.1 Å². The monoisotopic (exact) mass is 531 g/mol. The Morgan fingerprint density at radius 2 is 1.81 bits per heavy atom. The zero-order chi connectivity index (χ0) is 25.7. The molecule has 0 unspecified atom stereocenters. The lowest BCUT2D eigenvalue weighted by atomic mass is 10.0. The first-order valence-corrected chi connectivity index (χ1v) is 13.0. The van der Waals surface area contributed by atoms with Crippen molar-refractivity contribution in [3.63, 3.8) is 0 Å². The van der Waals surface area contributed by atoms with Crippen LogP contribution in [0.3, 0.4) is 0 Å². The van der Waals surface area contributed by atoms with Crippen LogP contribution in [-0.4, -0.2) is 43.7 Å². The third kappa shape index (κ3) is 5.86. The minimum Gasteiger partial charge on any atom is -0.372 e. The maximum atomic E-state index is 13.7. The first-order valence-electron chi connectivity index (χ1n) is 12.3. The summed E-state index contributed by atoms with van der Waals surface area (Å²) in [7, 11) is 0. The van der Waals surface area contributed by atoms with Crippen LogP contribution in [-0.2, 0) is 15.9 Å². The van der Waals surface area contributed by atoms with E-state index in [-0.39, 0.29) is 12.2 Å². The number of halogens is 2. The molecule has 1 aliphatic heterocycles. The minimum atomic E-state index is -0.346. The van der Waals surface area contributed by atoms with E-state index in [1.165, 1.54) is 0 Å². The molecule has 192 valence electrons. The number of hydrogen-bond acceptors (Lipinski definition) is 6. The lowest BCUT2D eigenvalue weighted by Crippen LogP contribution is -2.25. The molecule has 9 heteroatoms. The summed E-state index contributed by atoms with van der Waals surface area (Å²) < 4.78 is 17.0. The molecular formula is C27H31Cl2N3O4. The highest BCUT2D eigenvalue weighted by Crippen LogP contribution is 2.38. The molecule has 0 saturated carbocycles. The fourth-order valence-corrected chi connectivity index (χ4v) is 4.91. The molecule has 1 saturated heterocycles. The molecule has 3 aromatic rings. The molecule has 0 spiro atoms. The van der Waals surface area contributed by atoms with E-state index in [9.17, 15) is 4.79 Å². The van der Waals surface area contributed by atoms with Crippen LogP contribution in [0.2, 0.25) is 10.0 Å². The Balaban J connectivity index is 1.66. The number of nitrogens with zero attached hydrogens (tertiary/aromatic N) is 2. The molecule has 2 aromatic carbocycles. The molecule has 7 nitrogen and oxygen atoms in total. The molecule has 1 amide bonds. The highest BCUT2D eigenvalue weighted by molar-refractivity contribution is 6.39. The van der Waals surface area contributed by atoms with Crippen molar-refractivity contribution >= 4 is 40.5 Å². The van der Waals surface area contributed by atoms with Gasteiger partial charge in [-0.15, -0.1) is 0 Å². The molecule has 0 aliphatic carbocycles. The molecule has 1 fully saturated rings. The summed E-state index contributed by atoms with van der Waals surface area (Å²) in [6.45, 7) is 9.32. The van der Waals surface area contributed by atoms with Crippen molar-refractivity contribution in [1.29, 1.82) is 0 Å². The number of carbonyl (C=O) groups is 1. The maximum absolute atomic E-state index is 13.7.